The molecule has 1 N–H and O–H groups in total. The summed E-state index contributed by atoms with van der Waals surface area (Å²) in [4.78, 5) is 0. The summed E-state index contributed by atoms with van der Waals surface area (Å²) in [5.74, 6) is 1.50. The Balaban J connectivity index is 1.77. The van der Waals surface area contributed by atoms with Gasteiger partial charge in [0.2, 0.25) is 0 Å². The van der Waals surface area contributed by atoms with Gasteiger partial charge in [0.25, 0.3) is 0 Å². The zero-order valence-corrected chi connectivity index (χ0v) is 7.83. The highest BCUT2D eigenvalue weighted by Gasteiger charge is 2.95. The smallest absolute Gasteiger partial charge is 0.107 e. The summed E-state index contributed by atoms with van der Waals surface area (Å²) in [7, 11) is 0. The summed E-state index contributed by atoms with van der Waals surface area (Å²) in [5.41, 5.74) is -0.296. The third kappa shape index (κ3) is 0.400. The van der Waals surface area contributed by atoms with Crippen LogP contribution in [0.1, 0.15) is 26.2 Å². The first-order chi connectivity index (χ1) is 6.18. The monoisotopic (exact) mass is 182 g/mol. The van der Waals surface area contributed by atoms with Crippen molar-refractivity contribution in [3.63, 3.8) is 0 Å². The minimum absolute atomic E-state index is 0.0891. The largest absolute Gasteiger partial charge is 0.389 e. The lowest BCUT2D eigenvalue weighted by molar-refractivity contribution is -0.367. The predicted molar refractivity (Wildman–Crippen MR) is 45.8 cm³/mol. The summed E-state index contributed by atoms with van der Waals surface area (Å²) < 4.78 is 13.5. The van der Waals surface area contributed by atoms with Crippen LogP contribution in [0.2, 0.25) is 0 Å². The summed E-state index contributed by atoms with van der Waals surface area (Å²) in [5, 5.41) is 10.2. The Hall–Kier alpha value is -0.110. The van der Waals surface area contributed by atoms with Gasteiger partial charge in [-0.05, 0) is 30.6 Å². The minimum atomic E-state index is -0.560. The highest BCUT2D eigenvalue weighted by atomic mass is 19.1. The molecule has 0 radical (unpaired) electrons. The molecule has 0 bridgehead atoms. The topological polar surface area (TPSA) is 20.2 Å². The lowest BCUT2D eigenvalue weighted by atomic mass is 9.27. The Bertz CT molecular complexity index is 296. The number of rotatable bonds is 1. The third-order valence-electron chi connectivity index (χ3n) is 5.77. The average Bonchev–Trinajstić information content (AvgIpc) is 2.60. The summed E-state index contributed by atoms with van der Waals surface area (Å²) in [6.07, 6.45) is 2.53. The number of halogens is 1. The first-order valence-corrected chi connectivity index (χ1v) is 5.54. The molecule has 4 saturated carbocycles. The van der Waals surface area contributed by atoms with Gasteiger partial charge in [-0.2, -0.15) is 0 Å². The van der Waals surface area contributed by atoms with E-state index in [-0.39, 0.29) is 22.9 Å². The van der Waals surface area contributed by atoms with Crippen molar-refractivity contribution >= 4 is 0 Å². The van der Waals surface area contributed by atoms with Gasteiger partial charge >= 0.3 is 0 Å². The number of fused-ring (bicyclic) bond motifs is 2. The quantitative estimate of drug-likeness (QED) is 0.655. The summed E-state index contributed by atoms with van der Waals surface area (Å²) in [6.45, 7) is 2.18. The highest BCUT2D eigenvalue weighted by Crippen LogP contribution is 2.91. The van der Waals surface area contributed by atoms with Crippen molar-refractivity contribution < 1.29 is 9.50 Å². The molecule has 0 heterocycles. The molecule has 4 aliphatic rings. The third-order valence-corrected chi connectivity index (χ3v) is 5.77. The van der Waals surface area contributed by atoms with Crippen LogP contribution < -0.4 is 0 Å². The van der Waals surface area contributed by atoms with E-state index in [0.29, 0.717) is 11.8 Å². The van der Waals surface area contributed by atoms with E-state index in [0.717, 1.165) is 19.3 Å². The molecule has 0 aliphatic heterocycles. The molecular formula is C11H15FO. The lowest BCUT2D eigenvalue weighted by Gasteiger charge is -2.78. The Morgan fingerprint density at radius 2 is 2.23 bits per heavy atom. The fraction of sp³-hybridized carbons (Fsp3) is 1.00. The van der Waals surface area contributed by atoms with Crippen LogP contribution in [-0.2, 0) is 0 Å². The maximum Gasteiger partial charge on any atom is 0.107 e. The van der Waals surface area contributed by atoms with E-state index in [4.69, 9.17) is 0 Å². The van der Waals surface area contributed by atoms with Crippen LogP contribution in [0, 0.1) is 29.1 Å². The van der Waals surface area contributed by atoms with Crippen molar-refractivity contribution in [1.29, 1.82) is 0 Å². The Labute approximate surface area is 77.3 Å². The normalized spacial score (nSPS) is 76.4. The van der Waals surface area contributed by atoms with E-state index in [1.54, 1.807) is 0 Å². The second-order valence-electron chi connectivity index (χ2n) is 5.59. The van der Waals surface area contributed by atoms with E-state index < -0.39 is 6.17 Å². The molecule has 4 fully saturated rings. The number of hydrogen-bond acceptors (Lipinski definition) is 1. The van der Waals surface area contributed by atoms with Crippen molar-refractivity contribution in [3.05, 3.63) is 0 Å². The first kappa shape index (κ1) is 7.22. The molecule has 7 atom stereocenters. The Morgan fingerprint density at radius 1 is 1.46 bits per heavy atom. The predicted octanol–water partition coefficient (Wildman–Crippen LogP) is 1.75. The molecule has 0 aromatic heterocycles. The van der Waals surface area contributed by atoms with Crippen molar-refractivity contribution in [1.82, 2.24) is 0 Å². The van der Waals surface area contributed by atoms with Crippen LogP contribution in [0.15, 0.2) is 0 Å². The molecule has 72 valence electrons. The molecule has 0 aromatic carbocycles. The molecule has 7 unspecified atom stereocenters. The van der Waals surface area contributed by atoms with Gasteiger partial charge in [-0.1, -0.05) is 13.3 Å². The van der Waals surface area contributed by atoms with Crippen LogP contribution in [0.25, 0.3) is 0 Å². The molecule has 0 amide bonds. The number of alkyl halides is 1. The summed E-state index contributed by atoms with van der Waals surface area (Å²) in [6, 6.07) is 0. The Morgan fingerprint density at radius 3 is 2.92 bits per heavy atom. The van der Waals surface area contributed by atoms with Gasteiger partial charge in [-0.3, -0.25) is 0 Å². The van der Waals surface area contributed by atoms with Crippen LogP contribution in [0.4, 0.5) is 4.39 Å². The summed E-state index contributed by atoms with van der Waals surface area (Å²) >= 11 is 0. The zero-order chi connectivity index (χ0) is 9.01. The van der Waals surface area contributed by atoms with E-state index in [9.17, 15) is 9.50 Å². The van der Waals surface area contributed by atoms with Gasteiger partial charge in [0.15, 0.2) is 0 Å². The van der Waals surface area contributed by atoms with Crippen molar-refractivity contribution in [3.8, 4) is 0 Å². The highest BCUT2D eigenvalue weighted by molar-refractivity contribution is 5.43. The second kappa shape index (κ2) is 1.58. The molecule has 0 aromatic rings. The van der Waals surface area contributed by atoms with E-state index >= 15 is 0 Å². The van der Waals surface area contributed by atoms with Crippen LogP contribution in [0.5, 0.6) is 0 Å². The van der Waals surface area contributed by atoms with Crippen molar-refractivity contribution in [2.75, 3.05) is 0 Å². The maximum absolute atomic E-state index is 13.5. The SMILES string of the molecule is CCC1CC2C(F)C3C4CC4(O)C123. The lowest BCUT2D eigenvalue weighted by Crippen LogP contribution is -2.82. The van der Waals surface area contributed by atoms with Gasteiger partial charge in [0, 0.05) is 11.3 Å². The fourth-order valence-electron chi connectivity index (χ4n) is 5.27. The molecule has 1 nitrogen and oxygen atoms in total. The molecule has 13 heavy (non-hydrogen) atoms. The van der Waals surface area contributed by atoms with E-state index in [1.165, 1.54) is 0 Å². The van der Waals surface area contributed by atoms with E-state index in [1.807, 2.05) is 0 Å². The minimum Gasteiger partial charge on any atom is -0.389 e. The van der Waals surface area contributed by atoms with Gasteiger partial charge in [-0.25, -0.2) is 4.39 Å². The number of aliphatic hydroxyl groups is 1. The fourth-order valence-corrected chi connectivity index (χ4v) is 5.27. The molecule has 2 heteroatoms. The van der Waals surface area contributed by atoms with Crippen LogP contribution in [-0.4, -0.2) is 16.9 Å². The molecule has 0 saturated heterocycles. The zero-order valence-electron chi connectivity index (χ0n) is 7.83. The average molecular weight is 182 g/mol. The molecule has 4 rings (SSSR count). The van der Waals surface area contributed by atoms with Crippen molar-refractivity contribution in [2.24, 2.45) is 29.1 Å². The van der Waals surface area contributed by atoms with E-state index in [2.05, 4.69) is 6.92 Å². The second-order valence-corrected chi connectivity index (χ2v) is 5.59. The standard InChI is InChI=1S/C11H15FO/c1-2-5-3-6-9(12)8-7-4-10(7,13)11(5,6)8/h5-9,13H,2-4H2,1H3. The number of hydrogen-bond donors (Lipinski definition) is 1. The first-order valence-electron chi connectivity index (χ1n) is 5.54. The van der Waals surface area contributed by atoms with Gasteiger partial charge in [0.1, 0.15) is 6.17 Å². The molecule has 4 aliphatic carbocycles. The van der Waals surface area contributed by atoms with Crippen molar-refractivity contribution in [2.45, 2.75) is 38.0 Å². The van der Waals surface area contributed by atoms with Gasteiger partial charge in [-0.15, -0.1) is 0 Å². The van der Waals surface area contributed by atoms with Crippen LogP contribution in [0.3, 0.4) is 0 Å². The molecular weight excluding hydrogens is 167 g/mol. The molecule has 1 spiro atoms. The van der Waals surface area contributed by atoms with Crippen LogP contribution >= 0.6 is 0 Å². The van der Waals surface area contributed by atoms with Gasteiger partial charge in [0.05, 0.1) is 5.60 Å². The Kier molecular flexibility index (Phi) is 0.876. The van der Waals surface area contributed by atoms with Gasteiger partial charge < -0.3 is 5.11 Å². The maximum atomic E-state index is 13.5.